The van der Waals surface area contributed by atoms with Crippen molar-refractivity contribution in [2.75, 3.05) is 13.1 Å². The van der Waals surface area contributed by atoms with Gasteiger partial charge in [0.2, 0.25) is 0 Å². The molecule has 2 N–H and O–H groups in total. The highest BCUT2D eigenvalue weighted by Gasteiger charge is 2.37. The number of para-hydroxylation sites is 1. The van der Waals surface area contributed by atoms with Gasteiger partial charge in [0.05, 0.1) is 0 Å². The third-order valence-corrected chi connectivity index (χ3v) is 4.56. The van der Waals surface area contributed by atoms with Crippen LogP contribution in [0.15, 0.2) is 24.3 Å². The lowest BCUT2D eigenvalue weighted by molar-refractivity contribution is -0.142. The van der Waals surface area contributed by atoms with Crippen LogP contribution in [0.2, 0.25) is 0 Å². The van der Waals surface area contributed by atoms with E-state index in [0.29, 0.717) is 18.9 Å². The van der Waals surface area contributed by atoms with Gasteiger partial charge in [-0.1, -0.05) is 25.1 Å². The monoisotopic (exact) mass is 274 g/mol. The minimum Gasteiger partial charge on any atom is -0.480 e. The molecule has 0 bridgehead atoms. The summed E-state index contributed by atoms with van der Waals surface area (Å²) in [5, 5.41) is 0. The largest absolute Gasteiger partial charge is 0.480 e. The Morgan fingerprint density at radius 3 is 3.00 bits per heavy atom. The zero-order valence-corrected chi connectivity index (χ0v) is 11.9. The molecule has 1 aromatic rings. The number of hydrogen-bond acceptors (Lipinski definition) is 3. The highest BCUT2D eigenvalue weighted by atomic mass is 16.5. The molecule has 1 aromatic carbocycles. The maximum atomic E-state index is 12.7. The minimum atomic E-state index is -0.369. The van der Waals surface area contributed by atoms with Gasteiger partial charge in [0.15, 0.2) is 6.10 Å². The maximum Gasteiger partial charge on any atom is 0.264 e. The molecule has 1 saturated heterocycles. The van der Waals surface area contributed by atoms with Crippen LogP contribution >= 0.6 is 0 Å². The van der Waals surface area contributed by atoms with Gasteiger partial charge in [-0.05, 0) is 30.4 Å². The summed E-state index contributed by atoms with van der Waals surface area (Å²) in [5.74, 6) is 1.42. The lowest BCUT2D eigenvalue weighted by Gasteiger charge is -2.40. The molecule has 2 aliphatic rings. The van der Waals surface area contributed by atoms with Crippen LogP contribution in [0.25, 0.3) is 0 Å². The SMILES string of the molecule is CC1CCCN(C(=O)C2Cc3ccccc3O2)C1CN. The van der Waals surface area contributed by atoms with Gasteiger partial charge < -0.3 is 15.4 Å². The number of ether oxygens (including phenoxy) is 1. The molecule has 1 fully saturated rings. The zero-order valence-electron chi connectivity index (χ0n) is 11.9. The second-order valence-corrected chi connectivity index (χ2v) is 5.87. The maximum absolute atomic E-state index is 12.7. The number of carbonyl (C=O) groups is 1. The Morgan fingerprint density at radius 1 is 1.45 bits per heavy atom. The van der Waals surface area contributed by atoms with Crippen molar-refractivity contribution in [1.82, 2.24) is 4.90 Å². The van der Waals surface area contributed by atoms with E-state index in [2.05, 4.69) is 6.92 Å². The summed E-state index contributed by atoms with van der Waals surface area (Å²) >= 11 is 0. The Morgan fingerprint density at radius 2 is 2.25 bits per heavy atom. The van der Waals surface area contributed by atoms with Gasteiger partial charge in [-0.3, -0.25) is 4.79 Å². The van der Waals surface area contributed by atoms with Crippen molar-refractivity contribution in [3.63, 3.8) is 0 Å². The van der Waals surface area contributed by atoms with Crippen molar-refractivity contribution in [1.29, 1.82) is 0 Å². The topological polar surface area (TPSA) is 55.6 Å². The van der Waals surface area contributed by atoms with E-state index in [0.717, 1.165) is 30.7 Å². The van der Waals surface area contributed by atoms with Crippen molar-refractivity contribution in [2.24, 2.45) is 11.7 Å². The lowest BCUT2D eigenvalue weighted by atomic mass is 9.90. The molecule has 3 unspecified atom stereocenters. The number of piperidine rings is 1. The number of carbonyl (C=O) groups excluding carboxylic acids is 1. The van der Waals surface area contributed by atoms with Crippen LogP contribution in [0.3, 0.4) is 0 Å². The summed E-state index contributed by atoms with van der Waals surface area (Å²) in [6.07, 6.45) is 2.52. The first kappa shape index (κ1) is 13.4. The molecule has 4 heteroatoms. The van der Waals surface area contributed by atoms with Gasteiger partial charge in [-0.15, -0.1) is 0 Å². The molecular formula is C16H22N2O2. The second kappa shape index (κ2) is 5.44. The van der Waals surface area contributed by atoms with E-state index < -0.39 is 0 Å². The predicted molar refractivity (Wildman–Crippen MR) is 77.5 cm³/mol. The van der Waals surface area contributed by atoms with Crippen molar-refractivity contribution in [3.05, 3.63) is 29.8 Å². The van der Waals surface area contributed by atoms with Gasteiger partial charge >= 0.3 is 0 Å². The first-order valence-electron chi connectivity index (χ1n) is 7.46. The Kier molecular flexibility index (Phi) is 3.66. The third kappa shape index (κ3) is 2.29. The first-order chi connectivity index (χ1) is 9.70. The third-order valence-electron chi connectivity index (χ3n) is 4.56. The quantitative estimate of drug-likeness (QED) is 0.890. The van der Waals surface area contributed by atoms with E-state index in [4.69, 9.17) is 10.5 Å². The molecule has 2 aliphatic heterocycles. The Bertz CT molecular complexity index is 478. The molecule has 0 spiro atoms. The van der Waals surface area contributed by atoms with Gasteiger partial charge in [-0.25, -0.2) is 0 Å². The van der Waals surface area contributed by atoms with Gasteiger partial charge in [0.1, 0.15) is 5.75 Å². The molecule has 3 rings (SSSR count). The van der Waals surface area contributed by atoms with E-state index in [1.807, 2.05) is 29.2 Å². The molecular weight excluding hydrogens is 252 g/mol. The van der Waals surface area contributed by atoms with Crippen LogP contribution in [0, 0.1) is 5.92 Å². The van der Waals surface area contributed by atoms with Crippen molar-refractivity contribution in [2.45, 2.75) is 38.3 Å². The molecule has 20 heavy (non-hydrogen) atoms. The van der Waals surface area contributed by atoms with Crippen LogP contribution in [0.1, 0.15) is 25.3 Å². The molecule has 2 heterocycles. The summed E-state index contributed by atoms with van der Waals surface area (Å²) < 4.78 is 5.82. The lowest BCUT2D eigenvalue weighted by Crippen LogP contribution is -2.54. The van der Waals surface area contributed by atoms with Crippen LogP contribution in [0.5, 0.6) is 5.75 Å². The molecule has 0 aliphatic carbocycles. The fourth-order valence-corrected chi connectivity index (χ4v) is 3.39. The summed E-state index contributed by atoms with van der Waals surface area (Å²) in [5.41, 5.74) is 7.00. The summed E-state index contributed by atoms with van der Waals surface area (Å²) in [6, 6.07) is 8.05. The number of fused-ring (bicyclic) bond motifs is 1. The van der Waals surface area contributed by atoms with Gasteiger partial charge in [-0.2, -0.15) is 0 Å². The highest BCUT2D eigenvalue weighted by molar-refractivity contribution is 5.83. The fourth-order valence-electron chi connectivity index (χ4n) is 3.39. The number of nitrogens with two attached hydrogens (primary N) is 1. The number of amides is 1. The van der Waals surface area contributed by atoms with Crippen LogP contribution in [0.4, 0.5) is 0 Å². The number of nitrogens with zero attached hydrogens (tertiary/aromatic N) is 1. The van der Waals surface area contributed by atoms with E-state index in [1.54, 1.807) is 0 Å². The normalized spacial score (nSPS) is 28.9. The van der Waals surface area contributed by atoms with E-state index >= 15 is 0 Å². The van der Waals surface area contributed by atoms with E-state index in [9.17, 15) is 4.79 Å². The zero-order chi connectivity index (χ0) is 14.1. The van der Waals surface area contributed by atoms with Crippen LogP contribution in [-0.4, -0.2) is 36.0 Å². The highest BCUT2D eigenvalue weighted by Crippen LogP contribution is 2.31. The van der Waals surface area contributed by atoms with Crippen LogP contribution < -0.4 is 10.5 Å². The van der Waals surface area contributed by atoms with Crippen molar-refractivity contribution < 1.29 is 9.53 Å². The molecule has 108 valence electrons. The Labute approximate surface area is 119 Å². The van der Waals surface area contributed by atoms with Crippen molar-refractivity contribution >= 4 is 5.91 Å². The summed E-state index contributed by atoms with van der Waals surface area (Å²) in [4.78, 5) is 14.7. The van der Waals surface area contributed by atoms with Crippen LogP contribution in [-0.2, 0) is 11.2 Å². The summed E-state index contributed by atoms with van der Waals surface area (Å²) in [7, 11) is 0. The Balaban J connectivity index is 1.74. The standard InChI is InChI=1S/C16H22N2O2/c1-11-5-4-8-18(13(11)10-17)16(19)15-9-12-6-2-3-7-14(12)20-15/h2-3,6-7,11,13,15H,4-5,8-10,17H2,1H3. The molecule has 3 atom stereocenters. The predicted octanol–water partition coefficient (Wildman–Crippen LogP) is 1.58. The smallest absolute Gasteiger partial charge is 0.264 e. The fraction of sp³-hybridized carbons (Fsp3) is 0.562. The second-order valence-electron chi connectivity index (χ2n) is 5.87. The molecule has 0 aromatic heterocycles. The average Bonchev–Trinajstić information content (AvgIpc) is 2.90. The van der Waals surface area contributed by atoms with E-state index in [1.165, 1.54) is 0 Å². The van der Waals surface area contributed by atoms with Gasteiger partial charge in [0, 0.05) is 25.6 Å². The number of likely N-dealkylation sites (tertiary alicyclic amines) is 1. The molecule has 4 nitrogen and oxygen atoms in total. The number of hydrogen-bond donors (Lipinski definition) is 1. The Hall–Kier alpha value is -1.55. The molecule has 0 saturated carbocycles. The van der Waals surface area contributed by atoms with E-state index in [-0.39, 0.29) is 18.1 Å². The average molecular weight is 274 g/mol. The molecule has 0 radical (unpaired) electrons. The number of rotatable bonds is 2. The number of benzene rings is 1. The molecule has 1 amide bonds. The summed E-state index contributed by atoms with van der Waals surface area (Å²) in [6.45, 7) is 3.52. The van der Waals surface area contributed by atoms with Crippen molar-refractivity contribution in [3.8, 4) is 5.75 Å². The first-order valence-corrected chi connectivity index (χ1v) is 7.46. The minimum absolute atomic E-state index is 0.100. The van der Waals surface area contributed by atoms with Gasteiger partial charge in [0.25, 0.3) is 5.91 Å².